The Morgan fingerprint density at radius 1 is 1.08 bits per heavy atom. The molecule has 24 heavy (non-hydrogen) atoms. The molecule has 5 nitrogen and oxygen atoms in total. The maximum absolute atomic E-state index is 5.63. The lowest BCUT2D eigenvalue weighted by Crippen LogP contribution is -3.00. The molecule has 2 heterocycles. The topological polar surface area (TPSA) is 47.4 Å². The monoisotopic (exact) mass is 350 g/mol. The lowest BCUT2D eigenvalue weighted by molar-refractivity contribution is -0.703. The molecule has 0 amide bonds. The van der Waals surface area contributed by atoms with E-state index in [0.717, 1.165) is 28.7 Å². The van der Waals surface area contributed by atoms with Crippen molar-refractivity contribution in [2.45, 2.75) is 13.5 Å². The summed E-state index contributed by atoms with van der Waals surface area (Å²) in [4.78, 5) is 3.51. The molecule has 0 aliphatic carbocycles. The van der Waals surface area contributed by atoms with Crippen molar-refractivity contribution in [2.75, 3.05) is 34.0 Å². The zero-order valence-corrected chi connectivity index (χ0v) is 15.0. The molecule has 6 heteroatoms. The van der Waals surface area contributed by atoms with Gasteiger partial charge in [-0.3, -0.25) is 0 Å². The van der Waals surface area contributed by atoms with Crippen molar-refractivity contribution in [1.29, 1.82) is 0 Å². The van der Waals surface area contributed by atoms with Gasteiger partial charge in [0.2, 0.25) is 11.9 Å². The molecule has 0 aliphatic heterocycles. The van der Waals surface area contributed by atoms with Crippen molar-refractivity contribution < 1.29 is 31.2 Å². The van der Waals surface area contributed by atoms with Gasteiger partial charge in [-0.1, -0.05) is 18.2 Å². The summed E-state index contributed by atoms with van der Waals surface area (Å²) in [6.45, 7) is 4.77. The van der Waals surface area contributed by atoms with Crippen LogP contribution in [0.15, 0.2) is 30.5 Å². The third-order valence-corrected chi connectivity index (χ3v) is 4.15. The van der Waals surface area contributed by atoms with Crippen molar-refractivity contribution in [3.05, 3.63) is 36.2 Å². The second kappa shape index (κ2) is 8.33. The second-order valence-corrected chi connectivity index (χ2v) is 5.50. The van der Waals surface area contributed by atoms with Crippen LogP contribution in [0.1, 0.15) is 5.69 Å². The highest BCUT2D eigenvalue weighted by atomic mass is 35.5. The molecule has 0 bridgehead atoms. The summed E-state index contributed by atoms with van der Waals surface area (Å²) >= 11 is 0. The Hall–Kier alpha value is -1.82. The number of nitrogens with one attached hydrogen (secondary N) is 1. The molecular formula is C18H23ClN2O3. The average molecular weight is 351 g/mol. The van der Waals surface area contributed by atoms with Crippen LogP contribution in [0.25, 0.3) is 21.8 Å². The van der Waals surface area contributed by atoms with Crippen molar-refractivity contribution in [3.63, 3.8) is 0 Å². The van der Waals surface area contributed by atoms with Gasteiger partial charge in [0.25, 0.3) is 0 Å². The number of halogens is 1. The summed E-state index contributed by atoms with van der Waals surface area (Å²) in [5.41, 5.74) is 3.41. The van der Waals surface area contributed by atoms with Gasteiger partial charge in [-0.2, -0.15) is 4.57 Å². The number of nitrogens with zero attached hydrogens (tertiary/aromatic N) is 1. The van der Waals surface area contributed by atoms with Crippen molar-refractivity contribution in [2.24, 2.45) is 0 Å². The van der Waals surface area contributed by atoms with Gasteiger partial charge in [0.05, 0.1) is 25.7 Å². The number of aryl methyl sites for hydroxylation is 1. The number of rotatable bonds is 7. The molecule has 0 unspecified atom stereocenters. The smallest absolute Gasteiger partial charge is 0.212 e. The molecule has 0 saturated carbocycles. The van der Waals surface area contributed by atoms with Crippen LogP contribution in [0, 0.1) is 6.92 Å². The number of H-pyrrole nitrogens is 1. The number of methoxy groups -OCH3 is 2. The van der Waals surface area contributed by atoms with E-state index < -0.39 is 0 Å². The molecule has 130 valence electrons. The van der Waals surface area contributed by atoms with E-state index in [2.05, 4.69) is 40.9 Å². The highest BCUT2D eigenvalue weighted by molar-refractivity contribution is 6.10. The van der Waals surface area contributed by atoms with E-state index in [1.807, 2.05) is 6.07 Å². The van der Waals surface area contributed by atoms with E-state index in [0.29, 0.717) is 19.8 Å². The fraction of sp³-hybridized carbons (Fsp3) is 0.389. The van der Waals surface area contributed by atoms with Crippen LogP contribution in [-0.4, -0.2) is 39.0 Å². The summed E-state index contributed by atoms with van der Waals surface area (Å²) in [7, 11) is 3.39. The van der Waals surface area contributed by atoms with Gasteiger partial charge in [0.1, 0.15) is 12.1 Å². The minimum atomic E-state index is 0. The maximum Gasteiger partial charge on any atom is 0.212 e. The standard InChI is InChI=1S/C18H22N2O3.ClH/c1-13-18-17(14-6-4-5-7-15(14)19-18)16(22-3)12-20(13)8-9-23-11-10-21-2;/h4-7,12H,8-11H2,1-3H3;1H. The lowest BCUT2D eigenvalue weighted by Gasteiger charge is -2.07. The summed E-state index contributed by atoms with van der Waals surface area (Å²) in [5.74, 6) is 0.875. The Bertz CT molecular complexity index is 817. The van der Waals surface area contributed by atoms with Crippen molar-refractivity contribution in [3.8, 4) is 5.75 Å². The summed E-state index contributed by atoms with van der Waals surface area (Å²) < 4.78 is 18.4. The predicted octanol–water partition coefficient (Wildman–Crippen LogP) is -0.407. The van der Waals surface area contributed by atoms with E-state index >= 15 is 0 Å². The van der Waals surface area contributed by atoms with Gasteiger partial charge in [-0.05, 0) is 6.07 Å². The number of aromatic amines is 1. The van der Waals surface area contributed by atoms with Crippen LogP contribution in [0.3, 0.4) is 0 Å². The van der Waals surface area contributed by atoms with E-state index in [-0.39, 0.29) is 12.4 Å². The van der Waals surface area contributed by atoms with Crippen LogP contribution in [0.2, 0.25) is 0 Å². The highest BCUT2D eigenvalue weighted by Crippen LogP contribution is 2.32. The first-order valence-electron chi connectivity index (χ1n) is 7.80. The number of hydrogen-bond acceptors (Lipinski definition) is 3. The number of benzene rings is 1. The van der Waals surface area contributed by atoms with Crippen molar-refractivity contribution in [1.82, 2.24) is 4.98 Å². The number of hydrogen-bond donors (Lipinski definition) is 1. The molecule has 1 aromatic carbocycles. The Balaban J connectivity index is 0.00000208. The Labute approximate surface area is 147 Å². The first-order chi connectivity index (χ1) is 11.3. The molecule has 3 aromatic rings. The predicted molar refractivity (Wildman–Crippen MR) is 90.0 cm³/mol. The van der Waals surface area contributed by atoms with Gasteiger partial charge in [-0.25, -0.2) is 0 Å². The maximum atomic E-state index is 5.63. The average Bonchev–Trinajstić information content (AvgIpc) is 2.97. The molecule has 0 radical (unpaired) electrons. The first-order valence-corrected chi connectivity index (χ1v) is 7.80. The van der Waals surface area contributed by atoms with Crippen LogP contribution in [0.4, 0.5) is 0 Å². The molecule has 2 aromatic heterocycles. The quantitative estimate of drug-likeness (QED) is 0.465. The van der Waals surface area contributed by atoms with E-state index in [4.69, 9.17) is 14.2 Å². The molecule has 0 fully saturated rings. The molecule has 0 spiro atoms. The molecule has 0 aliphatic rings. The summed E-state index contributed by atoms with van der Waals surface area (Å²) in [6.07, 6.45) is 2.05. The Kier molecular flexibility index (Phi) is 6.43. The van der Waals surface area contributed by atoms with Gasteiger partial charge >= 0.3 is 0 Å². The van der Waals surface area contributed by atoms with Crippen LogP contribution >= 0.6 is 0 Å². The van der Waals surface area contributed by atoms with Crippen LogP contribution in [-0.2, 0) is 16.0 Å². The Morgan fingerprint density at radius 3 is 2.62 bits per heavy atom. The van der Waals surface area contributed by atoms with Gasteiger partial charge in [0, 0.05) is 24.9 Å². The normalized spacial score (nSPS) is 11.0. The minimum absolute atomic E-state index is 0. The third kappa shape index (κ3) is 3.48. The fourth-order valence-electron chi connectivity index (χ4n) is 2.91. The van der Waals surface area contributed by atoms with E-state index in [1.54, 1.807) is 14.2 Å². The lowest BCUT2D eigenvalue weighted by atomic mass is 10.1. The van der Waals surface area contributed by atoms with Crippen LogP contribution in [0.5, 0.6) is 5.75 Å². The third-order valence-electron chi connectivity index (χ3n) is 4.15. The largest absolute Gasteiger partial charge is 1.00 e. The SMILES string of the molecule is COCCOCC[n+]1cc(OC)c2c([nH]c3ccccc32)c1C.[Cl-]. The fourth-order valence-corrected chi connectivity index (χ4v) is 2.91. The minimum Gasteiger partial charge on any atom is -1.00 e. The number of ether oxygens (including phenoxy) is 3. The van der Waals surface area contributed by atoms with Gasteiger partial charge in [-0.15, -0.1) is 0 Å². The van der Waals surface area contributed by atoms with E-state index in [1.165, 1.54) is 11.1 Å². The van der Waals surface area contributed by atoms with Crippen LogP contribution < -0.4 is 21.7 Å². The highest BCUT2D eigenvalue weighted by Gasteiger charge is 2.20. The molecular weight excluding hydrogens is 328 g/mol. The van der Waals surface area contributed by atoms with Gasteiger partial charge < -0.3 is 31.6 Å². The number of fused-ring (bicyclic) bond motifs is 3. The number of aromatic nitrogens is 2. The summed E-state index contributed by atoms with van der Waals surface area (Å²) in [5, 5.41) is 2.32. The first kappa shape index (κ1) is 18.5. The Morgan fingerprint density at radius 2 is 1.88 bits per heavy atom. The number of pyridine rings is 1. The van der Waals surface area contributed by atoms with Gasteiger partial charge in [0.15, 0.2) is 12.3 Å². The summed E-state index contributed by atoms with van der Waals surface area (Å²) in [6, 6.07) is 8.30. The zero-order chi connectivity index (χ0) is 16.2. The molecule has 0 saturated heterocycles. The second-order valence-electron chi connectivity index (χ2n) is 5.50. The molecule has 3 rings (SSSR count). The molecule has 0 atom stereocenters. The van der Waals surface area contributed by atoms with Crippen molar-refractivity contribution >= 4 is 21.8 Å². The van der Waals surface area contributed by atoms with E-state index in [9.17, 15) is 0 Å². The molecule has 1 N–H and O–H groups in total. The number of para-hydroxylation sites is 1. The zero-order valence-electron chi connectivity index (χ0n) is 14.3.